The lowest BCUT2D eigenvalue weighted by Crippen LogP contribution is -2.21. The zero-order valence-corrected chi connectivity index (χ0v) is 16.0. The number of halogens is 1. The number of aryl methyl sites for hydroxylation is 2. The summed E-state index contributed by atoms with van der Waals surface area (Å²) in [4.78, 5) is 29.5. The van der Waals surface area contributed by atoms with Crippen molar-refractivity contribution in [3.05, 3.63) is 69.1 Å². The Kier molecular flexibility index (Phi) is 4.15. The maximum Gasteiger partial charge on any atom is 0.265 e. The van der Waals surface area contributed by atoms with Gasteiger partial charge in [0.15, 0.2) is 0 Å². The number of anilines is 1. The summed E-state index contributed by atoms with van der Waals surface area (Å²) in [5, 5.41) is 7.26. The molecule has 0 unspecified atom stereocenters. The maximum absolute atomic E-state index is 13.0. The van der Waals surface area contributed by atoms with Crippen LogP contribution in [0.3, 0.4) is 0 Å². The summed E-state index contributed by atoms with van der Waals surface area (Å²) in [5.41, 5.74) is 1.21. The number of para-hydroxylation sites is 2. The third-order valence-electron chi connectivity index (χ3n) is 4.13. The number of benzene rings is 1. The molecule has 8 nitrogen and oxygen atoms in total. The van der Waals surface area contributed by atoms with Gasteiger partial charge in [0.2, 0.25) is 5.71 Å². The highest BCUT2D eigenvalue weighted by atomic mass is 79.9. The highest BCUT2D eigenvalue weighted by molar-refractivity contribution is 9.10. The van der Waals surface area contributed by atoms with Crippen LogP contribution in [0.15, 0.2) is 56.7 Å². The number of amides is 1. The summed E-state index contributed by atoms with van der Waals surface area (Å²) < 4.78 is 9.27. The molecule has 0 radical (unpaired) electrons. The number of carbonyl (C=O) groups is 1. The third kappa shape index (κ3) is 2.95. The van der Waals surface area contributed by atoms with Crippen LogP contribution in [0.4, 0.5) is 5.69 Å². The van der Waals surface area contributed by atoms with E-state index in [1.807, 2.05) is 12.1 Å². The highest BCUT2D eigenvalue weighted by Gasteiger charge is 2.23. The average molecular weight is 428 g/mol. The van der Waals surface area contributed by atoms with E-state index in [1.165, 1.54) is 10.9 Å². The van der Waals surface area contributed by atoms with Crippen LogP contribution in [-0.4, -0.2) is 25.2 Å². The zero-order chi connectivity index (χ0) is 19.1. The molecule has 9 heteroatoms. The maximum atomic E-state index is 13.0. The van der Waals surface area contributed by atoms with Crippen molar-refractivity contribution < 1.29 is 9.21 Å². The molecule has 0 bridgehead atoms. The van der Waals surface area contributed by atoms with Gasteiger partial charge < -0.3 is 14.3 Å². The number of aromatic nitrogens is 4. The SMILES string of the molecule is Cc1oc2ncn(C)c(=O)c2c1C(=O)Nc1ccccc1-n1cc(Br)cn1. The summed E-state index contributed by atoms with van der Waals surface area (Å²) in [6.45, 7) is 1.63. The molecule has 0 aliphatic carbocycles. The summed E-state index contributed by atoms with van der Waals surface area (Å²) >= 11 is 3.36. The van der Waals surface area contributed by atoms with Gasteiger partial charge in [0.25, 0.3) is 11.5 Å². The molecule has 0 atom stereocenters. The van der Waals surface area contributed by atoms with Gasteiger partial charge >= 0.3 is 0 Å². The Balaban J connectivity index is 1.79. The van der Waals surface area contributed by atoms with E-state index in [1.54, 1.807) is 43.2 Å². The number of carbonyl (C=O) groups excluding carboxylic acids is 1. The molecule has 3 aromatic heterocycles. The van der Waals surface area contributed by atoms with E-state index < -0.39 is 5.91 Å². The number of hydrogen-bond acceptors (Lipinski definition) is 5. The molecular formula is C18H14BrN5O3. The lowest BCUT2D eigenvalue weighted by Gasteiger charge is -2.11. The van der Waals surface area contributed by atoms with Crippen molar-refractivity contribution >= 4 is 38.6 Å². The Morgan fingerprint density at radius 1 is 1.30 bits per heavy atom. The van der Waals surface area contributed by atoms with Crippen molar-refractivity contribution in [1.29, 1.82) is 0 Å². The monoisotopic (exact) mass is 427 g/mol. The molecule has 136 valence electrons. The van der Waals surface area contributed by atoms with Gasteiger partial charge in [0.1, 0.15) is 17.5 Å². The van der Waals surface area contributed by atoms with Crippen LogP contribution in [-0.2, 0) is 7.05 Å². The van der Waals surface area contributed by atoms with E-state index in [0.717, 1.165) is 4.47 Å². The van der Waals surface area contributed by atoms with Crippen LogP contribution < -0.4 is 10.9 Å². The van der Waals surface area contributed by atoms with E-state index in [4.69, 9.17) is 4.42 Å². The molecule has 4 aromatic rings. The zero-order valence-electron chi connectivity index (χ0n) is 14.4. The second kappa shape index (κ2) is 6.51. The second-order valence-corrected chi connectivity index (χ2v) is 6.86. The molecule has 0 spiro atoms. The van der Waals surface area contributed by atoms with Crippen LogP contribution >= 0.6 is 15.9 Å². The molecule has 0 fully saturated rings. The number of furan rings is 1. The second-order valence-electron chi connectivity index (χ2n) is 5.95. The first-order chi connectivity index (χ1) is 13.0. The van der Waals surface area contributed by atoms with Crippen molar-refractivity contribution in [3.63, 3.8) is 0 Å². The number of nitrogens with zero attached hydrogens (tertiary/aromatic N) is 4. The highest BCUT2D eigenvalue weighted by Crippen LogP contribution is 2.25. The van der Waals surface area contributed by atoms with Crippen molar-refractivity contribution in [2.45, 2.75) is 6.92 Å². The Bertz CT molecular complexity index is 1240. The molecule has 27 heavy (non-hydrogen) atoms. The number of rotatable bonds is 3. The first kappa shape index (κ1) is 17.2. The van der Waals surface area contributed by atoms with E-state index in [0.29, 0.717) is 17.1 Å². The third-order valence-corrected chi connectivity index (χ3v) is 4.53. The molecule has 4 rings (SSSR count). The predicted molar refractivity (Wildman–Crippen MR) is 103 cm³/mol. The van der Waals surface area contributed by atoms with E-state index in [2.05, 4.69) is 31.3 Å². The van der Waals surface area contributed by atoms with Crippen LogP contribution in [0, 0.1) is 6.92 Å². The minimum absolute atomic E-state index is 0.144. The van der Waals surface area contributed by atoms with Crippen LogP contribution in [0.1, 0.15) is 16.1 Å². The minimum atomic E-state index is -0.449. The number of nitrogens with one attached hydrogen (secondary N) is 1. The van der Waals surface area contributed by atoms with Gasteiger partial charge in [0, 0.05) is 13.2 Å². The molecule has 1 aromatic carbocycles. The van der Waals surface area contributed by atoms with Gasteiger partial charge in [-0.15, -0.1) is 0 Å². The topological polar surface area (TPSA) is 95.0 Å². The lowest BCUT2D eigenvalue weighted by molar-refractivity contribution is 0.102. The molecule has 0 aliphatic heterocycles. The van der Waals surface area contributed by atoms with Gasteiger partial charge in [-0.25, -0.2) is 9.67 Å². The first-order valence-corrected chi connectivity index (χ1v) is 8.80. The first-order valence-electron chi connectivity index (χ1n) is 8.01. The van der Waals surface area contributed by atoms with Crippen molar-refractivity contribution in [2.24, 2.45) is 7.05 Å². The number of fused-ring (bicyclic) bond motifs is 1. The van der Waals surface area contributed by atoms with Gasteiger partial charge in [-0.3, -0.25) is 9.59 Å². The Labute approximate surface area is 161 Å². The molecule has 0 aliphatic rings. The van der Waals surface area contributed by atoms with E-state index in [9.17, 15) is 9.59 Å². The van der Waals surface area contributed by atoms with Crippen molar-refractivity contribution in [1.82, 2.24) is 19.3 Å². The van der Waals surface area contributed by atoms with Gasteiger partial charge in [-0.05, 0) is 35.0 Å². The fourth-order valence-corrected chi connectivity index (χ4v) is 3.14. The fraction of sp³-hybridized carbons (Fsp3) is 0.111. The standard InChI is InChI=1S/C18H14BrN5O3/c1-10-14(15-17(27-10)20-9-23(2)18(15)26)16(25)22-12-5-3-4-6-13(12)24-8-11(19)7-21-24/h3-9H,1-2H3,(H,22,25). The molecule has 1 amide bonds. The van der Waals surface area contributed by atoms with Gasteiger partial charge in [-0.1, -0.05) is 12.1 Å². The van der Waals surface area contributed by atoms with Gasteiger partial charge in [0.05, 0.1) is 27.6 Å². The predicted octanol–water partition coefficient (Wildman–Crippen LogP) is 3.04. The molecule has 0 saturated heterocycles. The summed E-state index contributed by atoms with van der Waals surface area (Å²) in [7, 11) is 1.57. The van der Waals surface area contributed by atoms with Crippen molar-refractivity contribution in [3.8, 4) is 5.69 Å². The van der Waals surface area contributed by atoms with Crippen molar-refractivity contribution in [2.75, 3.05) is 5.32 Å². The summed E-state index contributed by atoms with van der Waals surface area (Å²) in [5.74, 6) is -0.118. The lowest BCUT2D eigenvalue weighted by atomic mass is 10.1. The quantitative estimate of drug-likeness (QED) is 0.541. The average Bonchev–Trinajstić information content (AvgIpc) is 3.22. The Hall–Kier alpha value is -3.20. The summed E-state index contributed by atoms with van der Waals surface area (Å²) in [6, 6.07) is 7.24. The summed E-state index contributed by atoms with van der Waals surface area (Å²) in [6.07, 6.45) is 4.80. The smallest absolute Gasteiger partial charge is 0.265 e. The number of hydrogen-bond donors (Lipinski definition) is 1. The Morgan fingerprint density at radius 2 is 2.07 bits per heavy atom. The molecular weight excluding hydrogens is 414 g/mol. The fourth-order valence-electron chi connectivity index (χ4n) is 2.86. The van der Waals surface area contributed by atoms with Crippen LogP contribution in [0.25, 0.3) is 16.8 Å². The molecule has 0 saturated carbocycles. The van der Waals surface area contributed by atoms with E-state index in [-0.39, 0.29) is 22.2 Å². The van der Waals surface area contributed by atoms with E-state index >= 15 is 0 Å². The Morgan fingerprint density at radius 3 is 2.81 bits per heavy atom. The largest absolute Gasteiger partial charge is 0.442 e. The van der Waals surface area contributed by atoms with Gasteiger partial charge in [-0.2, -0.15) is 5.10 Å². The normalized spacial score (nSPS) is 11.1. The van der Waals surface area contributed by atoms with Crippen LogP contribution in [0.5, 0.6) is 0 Å². The van der Waals surface area contributed by atoms with Crippen LogP contribution in [0.2, 0.25) is 0 Å². The minimum Gasteiger partial charge on any atom is -0.442 e. The molecule has 3 heterocycles. The molecule has 1 N–H and O–H groups in total.